The number of amides is 2. The molecular formula is C18H29ClN4O2S. The second-order valence-corrected chi connectivity index (χ2v) is 9.02. The van der Waals surface area contributed by atoms with E-state index in [1.54, 1.807) is 11.3 Å². The van der Waals surface area contributed by atoms with Crippen molar-refractivity contribution in [1.29, 1.82) is 0 Å². The van der Waals surface area contributed by atoms with Crippen molar-refractivity contribution in [3.8, 4) is 0 Å². The van der Waals surface area contributed by atoms with E-state index in [9.17, 15) is 4.79 Å². The Morgan fingerprint density at radius 1 is 1.19 bits per heavy atom. The molecule has 2 atom stereocenters. The van der Waals surface area contributed by atoms with Crippen molar-refractivity contribution in [2.45, 2.75) is 32.6 Å². The quantitative estimate of drug-likeness (QED) is 0.824. The van der Waals surface area contributed by atoms with Gasteiger partial charge in [0.1, 0.15) is 0 Å². The van der Waals surface area contributed by atoms with Crippen LogP contribution in [0.2, 0.25) is 4.34 Å². The van der Waals surface area contributed by atoms with Gasteiger partial charge in [-0.05, 0) is 26.0 Å². The Kier molecular flexibility index (Phi) is 7.17. The maximum Gasteiger partial charge on any atom is 0.317 e. The Morgan fingerprint density at radius 3 is 2.50 bits per heavy atom. The number of morpholine rings is 1. The Bertz CT molecular complexity index is 582. The van der Waals surface area contributed by atoms with Crippen LogP contribution in [0.25, 0.3) is 0 Å². The van der Waals surface area contributed by atoms with Crippen LogP contribution in [0.5, 0.6) is 0 Å². The highest BCUT2D eigenvalue weighted by molar-refractivity contribution is 7.16. The third-order valence-corrected chi connectivity index (χ3v) is 6.08. The van der Waals surface area contributed by atoms with Gasteiger partial charge < -0.3 is 15.0 Å². The third-order valence-electron chi connectivity index (χ3n) is 4.87. The molecule has 6 nitrogen and oxygen atoms in total. The lowest BCUT2D eigenvalue weighted by Gasteiger charge is -2.36. The van der Waals surface area contributed by atoms with Crippen molar-refractivity contribution < 1.29 is 9.53 Å². The molecule has 1 aromatic heterocycles. The Morgan fingerprint density at radius 2 is 1.88 bits per heavy atom. The predicted octanol–water partition coefficient (Wildman–Crippen LogP) is 2.34. The summed E-state index contributed by atoms with van der Waals surface area (Å²) in [5, 5.41) is 3.07. The number of hydrogen-bond donors (Lipinski definition) is 1. The molecule has 1 N–H and O–H groups in total. The standard InChI is InChI=1S/C18H29ClN4O2S/c1-14-11-22(12-15(2)25-14)6-5-20-18(24)23-9-7-21(8-10-23)13-16-3-4-17(19)26-16/h3-4,14-15H,5-13H2,1-2H3,(H,20,24). The lowest BCUT2D eigenvalue weighted by Crippen LogP contribution is -2.53. The largest absolute Gasteiger partial charge is 0.373 e. The Balaban J connectivity index is 1.33. The van der Waals surface area contributed by atoms with E-state index in [0.717, 1.165) is 56.7 Å². The van der Waals surface area contributed by atoms with Gasteiger partial charge in [-0.25, -0.2) is 4.79 Å². The molecular weight excluding hydrogens is 372 g/mol. The summed E-state index contributed by atoms with van der Waals surface area (Å²) < 4.78 is 6.58. The van der Waals surface area contributed by atoms with Gasteiger partial charge in [-0.1, -0.05) is 11.6 Å². The molecule has 1 aromatic rings. The molecule has 2 saturated heterocycles. The fourth-order valence-electron chi connectivity index (χ4n) is 3.67. The highest BCUT2D eigenvalue weighted by Gasteiger charge is 2.23. The van der Waals surface area contributed by atoms with Gasteiger partial charge in [0.2, 0.25) is 0 Å². The number of nitrogens with zero attached hydrogens (tertiary/aromatic N) is 3. The number of nitrogens with one attached hydrogen (secondary N) is 1. The Labute approximate surface area is 165 Å². The van der Waals surface area contributed by atoms with Gasteiger partial charge in [0, 0.05) is 63.8 Å². The minimum Gasteiger partial charge on any atom is -0.373 e. The van der Waals surface area contributed by atoms with Crippen molar-refractivity contribution in [3.05, 3.63) is 21.3 Å². The monoisotopic (exact) mass is 400 g/mol. The number of urea groups is 1. The lowest BCUT2D eigenvalue weighted by atomic mass is 10.2. The van der Waals surface area contributed by atoms with Crippen LogP contribution in [-0.2, 0) is 11.3 Å². The summed E-state index contributed by atoms with van der Waals surface area (Å²) in [4.78, 5) is 20.3. The van der Waals surface area contributed by atoms with E-state index in [2.05, 4.69) is 35.0 Å². The molecule has 2 fully saturated rings. The second-order valence-electron chi connectivity index (χ2n) is 7.22. The number of halogens is 1. The first-order valence-corrected chi connectivity index (χ1v) is 10.6. The summed E-state index contributed by atoms with van der Waals surface area (Å²) in [5.74, 6) is 0. The normalized spacial score (nSPS) is 25.4. The van der Waals surface area contributed by atoms with Crippen LogP contribution in [0.15, 0.2) is 12.1 Å². The molecule has 0 aromatic carbocycles. The molecule has 2 aliphatic rings. The van der Waals surface area contributed by atoms with E-state index in [-0.39, 0.29) is 18.2 Å². The van der Waals surface area contributed by atoms with Crippen LogP contribution in [-0.4, -0.2) is 85.3 Å². The fourth-order valence-corrected chi connectivity index (χ4v) is 4.80. The van der Waals surface area contributed by atoms with E-state index in [0.29, 0.717) is 6.54 Å². The molecule has 0 aliphatic carbocycles. The van der Waals surface area contributed by atoms with Crippen molar-refractivity contribution in [2.75, 3.05) is 52.4 Å². The van der Waals surface area contributed by atoms with Crippen molar-refractivity contribution in [1.82, 2.24) is 20.0 Å². The number of thiophene rings is 1. The molecule has 0 bridgehead atoms. The number of hydrogen-bond acceptors (Lipinski definition) is 5. The molecule has 3 rings (SSSR count). The molecule has 0 radical (unpaired) electrons. The van der Waals surface area contributed by atoms with Crippen LogP contribution in [0.4, 0.5) is 4.79 Å². The molecule has 26 heavy (non-hydrogen) atoms. The number of carbonyl (C=O) groups excluding carboxylic acids is 1. The van der Waals surface area contributed by atoms with Gasteiger partial charge in [0.25, 0.3) is 0 Å². The average molecular weight is 401 g/mol. The summed E-state index contributed by atoms with van der Waals surface area (Å²) in [5.41, 5.74) is 0. The number of ether oxygens (including phenoxy) is 1. The lowest BCUT2D eigenvalue weighted by molar-refractivity contribution is -0.0672. The molecule has 8 heteroatoms. The van der Waals surface area contributed by atoms with Crippen molar-refractivity contribution in [2.24, 2.45) is 0 Å². The van der Waals surface area contributed by atoms with Gasteiger partial charge in [-0.15, -0.1) is 11.3 Å². The van der Waals surface area contributed by atoms with Crippen LogP contribution in [0.3, 0.4) is 0 Å². The summed E-state index contributed by atoms with van der Waals surface area (Å²) in [6.07, 6.45) is 0.529. The van der Waals surface area contributed by atoms with Crippen molar-refractivity contribution >= 4 is 29.0 Å². The minimum atomic E-state index is 0.0539. The van der Waals surface area contributed by atoms with E-state index < -0.39 is 0 Å². The van der Waals surface area contributed by atoms with Crippen LogP contribution in [0, 0.1) is 0 Å². The zero-order valence-electron chi connectivity index (χ0n) is 15.6. The van der Waals surface area contributed by atoms with E-state index >= 15 is 0 Å². The van der Waals surface area contributed by atoms with E-state index in [4.69, 9.17) is 16.3 Å². The minimum absolute atomic E-state index is 0.0539. The van der Waals surface area contributed by atoms with Gasteiger partial charge in [-0.3, -0.25) is 9.80 Å². The van der Waals surface area contributed by atoms with Crippen LogP contribution < -0.4 is 5.32 Å². The smallest absolute Gasteiger partial charge is 0.317 e. The zero-order chi connectivity index (χ0) is 18.5. The molecule has 2 amide bonds. The molecule has 2 aliphatic heterocycles. The second kappa shape index (κ2) is 9.37. The molecule has 3 heterocycles. The van der Waals surface area contributed by atoms with E-state index in [1.807, 2.05) is 11.0 Å². The first kappa shape index (κ1) is 19.9. The molecule has 146 valence electrons. The van der Waals surface area contributed by atoms with Crippen molar-refractivity contribution in [3.63, 3.8) is 0 Å². The molecule has 0 spiro atoms. The van der Waals surface area contributed by atoms with Gasteiger partial charge in [0.15, 0.2) is 0 Å². The topological polar surface area (TPSA) is 48.1 Å². The van der Waals surface area contributed by atoms with Gasteiger partial charge in [-0.2, -0.15) is 0 Å². The summed E-state index contributed by atoms with van der Waals surface area (Å²) in [6, 6.07) is 4.08. The SMILES string of the molecule is CC1CN(CCNC(=O)N2CCN(Cc3ccc(Cl)s3)CC2)CC(C)O1. The van der Waals surface area contributed by atoms with E-state index in [1.165, 1.54) is 4.88 Å². The van der Waals surface area contributed by atoms with Crippen LogP contribution >= 0.6 is 22.9 Å². The average Bonchev–Trinajstić information content (AvgIpc) is 2.99. The maximum atomic E-state index is 12.4. The highest BCUT2D eigenvalue weighted by Crippen LogP contribution is 2.23. The zero-order valence-corrected chi connectivity index (χ0v) is 17.2. The summed E-state index contributed by atoms with van der Waals surface area (Å²) in [6.45, 7) is 11.9. The first-order valence-electron chi connectivity index (χ1n) is 9.37. The first-order chi connectivity index (χ1) is 12.5. The predicted molar refractivity (Wildman–Crippen MR) is 106 cm³/mol. The maximum absolute atomic E-state index is 12.4. The Hall–Kier alpha value is -0.860. The fraction of sp³-hybridized carbons (Fsp3) is 0.722. The highest BCUT2D eigenvalue weighted by atomic mass is 35.5. The number of rotatable bonds is 5. The van der Waals surface area contributed by atoms with Gasteiger partial charge >= 0.3 is 6.03 Å². The van der Waals surface area contributed by atoms with Gasteiger partial charge in [0.05, 0.1) is 16.5 Å². The third kappa shape index (κ3) is 5.82. The van der Waals surface area contributed by atoms with Crippen LogP contribution in [0.1, 0.15) is 18.7 Å². The molecule has 2 unspecified atom stereocenters. The molecule has 0 saturated carbocycles. The number of carbonyl (C=O) groups is 1. The summed E-state index contributed by atoms with van der Waals surface area (Å²) >= 11 is 7.62. The summed E-state index contributed by atoms with van der Waals surface area (Å²) in [7, 11) is 0. The number of piperazine rings is 1.